The zero-order chi connectivity index (χ0) is 15.4. The lowest BCUT2D eigenvalue weighted by Gasteiger charge is -2.15. The molecule has 1 aliphatic heterocycles. The van der Waals surface area contributed by atoms with Gasteiger partial charge in [0.2, 0.25) is 5.91 Å². The number of benzene rings is 1. The van der Waals surface area contributed by atoms with Gasteiger partial charge in [-0.2, -0.15) is 0 Å². The van der Waals surface area contributed by atoms with Crippen LogP contribution in [0, 0.1) is 5.92 Å². The molecule has 0 spiro atoms. The van der Waals surface area contributed by atoms with Crippen molar-refractivity contribution in [2.24, 2.45) is 5.92 Å². The van der Waals surface area contributed by atoms with Crippen molar-refractivity contribution in [1.82, 2.24) is 5.32 Å². The summed E-state index contributed by atoms with van der Waals surface area (Å²) in [5.74, 6) is 0.820. The Hall–Kier alpha value is -2.04. The van der Waals surface area contributed by atoms with Crippen LogP contribution in [0.3, 0.4) is 0 Å². The topological polar surface area (TPSA) is 61.4 Å². The third-order valence-corrected chi connectivity index (χ3v) is 4.57. The Morgan fingerprint density at radius 3 is 2.59 bits per heavy atom. The number of anilines is 2. The van der Waals surface area contributed by atoms with Crippen molar-refractivity contribution in [1.29, 1.82) is 0 Å². The van der Waals surface area contributed by atoms with Crippen LogP contribution in [0.25, 0.3) is 0 Å². The van der Waals surface area contributed by atoms with Gasteiger partial charge in [-0.3, -0.25) is 9.69 Å². The number of hydrogen-bond donors (Lipinski definition) is 2. The fraction of sp³-hybridized carbons (Fsp3) is 0.529. The van der Waals surface area contributed by atoms with Gasteiger partial charge in [-0.15, -0.1) is 0 Å². The minimum absolute atomic E-state index is 0.0617. The summed E-state index contributed by atoms with van der Waals surface area (Å²) < 4.78 is 0. The van der Waals surface area contributed by atoms with Gasteiger partial charge in [-0.1, -0.05) is 25.7 Å². The summed E-state index contributed by atoms with van der Waals surface area (Å²) in [5, 5.41) is 5.71. The standard InChI is InChI=1S/C17H23N3O2/c21-16(10-5-13-3-1-2-4-13)19-14-6-8-15(9-7-14)20-12-11-18-17(20)22/h6-9,13H,1-5,10-12H2,(H,18,22)(H,19,21). The minimum Gasteiger partial charge on any atom is -0.336 e. The van der Waals surface area contributed by atoms with Crippen LogP contribution < -0.4 is 15.5 Å². The highest BCUT2D eigenvalue weighted by Crippen LogP contribution is 2.28. The summed E-state index contributed by atoms with van der Waals surface area (Å²) in [6.45, 7) is 1.37. The highest BCUT2D eigenvalue weighted by molar-refractivity contribution is 5.95. The Bertz CT molecular complexity index is 535. The van der Waals surface area contributed by atoms with Crippen molar-refractivity contribution in [3.05, 3.63) is 24.3 Å². The summed E-state index contributed by atoms with van der Waals surface area (Å²) >= 11 is 0. The van der Waals surface area contributed by atoms with Gasteiger partial charge in [0.15, 0.2) is 0 Å². The van der Waals surface area contributed by atoms with Gasteiger partial charge in [0.1, 0.15) is 0 Å². The van der Waals surface area contributed by atoms with Gasteiger partial charge in [0.25, 0.3) is 0 Å². The Balaban J connectivity index is 1.49. The van der Waals surface area contributed by atoms with Gasteiger partial charge < -0.3 is 10.6 Å². The number of carbonyl (C=O) groups excluding carboxylic acids is 2. The van der Waals surface area contributed by atoms with Crippen LogP contribution in [-0.4, -0.2) is 25.0 Å². The molecule has 1 aliphatic carbocycles. The van der Waals surface area contributed by atoms with E-state index in [1.165, 1.54) is 25.7 Å². The number of carbonyl (C=O) groups is 2. The van der Waals surface area contributed by atoms with Gasteiger partial charge in [-0.25, -0.2) is 4.79 Å². The van der Waals surface area contributed by atoms with E-state index in [0.29, 0.717) is 19.5 Å². The molecule has 2 N–H and O–H groups in total. The molecule has 2 fully saturated rings. The zero-order valence-corrected chi connectivity index (χ0v) is 12.8. The molecule has 3 amide bonds. The van der Waals surface area contributed by atoms with Gasteiger partial charge in [0, 0.05) is 30.9 Å². The molecule has 118 valence electrons. The number of hydrogen-bond acceptors (Lipinski definition) is 2. The molecule has 1 heterocycles. The van der Waals surface area contributed by atoms with Gasteiger partial charge >= 0.3 is 6.03 Å². The molecule has 0 radical (unpaired) electrons. The maximum absolute atomic E-state index is 12.0. The van der Waals surface area contributed by atoms with E-state index in [-0.39, 0.29) is 11.9 Å². The summed E-state index contributed by atoms with van der Waals surface area (Å²) in [4.78, 5) is 25.3. The maximum Gasteiger partial charge on any atom is 0.321 e. The molecule has 1 saturated heterocycles. The second-order valence-electron chi connectivity index (χ2n) is 6.17. The third kappa shape index (κ3) is 3.59. The second-order valence-corrected chi connectivity index (χ2v) is 6.17. The largest absolute Gasteiger partial charge is 0.336 e. The first-order valence-corrected chi connectivity index (χ1v) is 8.17. The second kappa shape index (κ2) is 6.81. The predicted molar refractivity (Wildman–Crippen MR) is 87.0 cm³/mol. The predicted octanol–water partition coefficient (Wildman–Crippen LogP) is 3.13. The Morgan fingerprint density at radius 2 is 1.95 bits per heavy atom. The molecule has 0 atom stereocenters. The van der Waals surface area contributed by atoms with E-state index in [4.69, 9.17) is 0 Å². The van der Waals surface area contributed by atoms with Crippen molar-refractivity contribution < 1.29 is 9.59 Å². The first-order valence-electron chi connectivity index (χ1n) is 8.17. The highest BCUT2D eigenvalue weighted by atomic mass is 16.2. The van der Waals surface area contributed by atoms with Crippen LogP contribution in [0.1, 0.15) is 38.5 Å². The number of nitrogens with zero attached hydrogens (tertiary/aromatic N) is 1. The van der Waals surface area contributed by atoms with Crippen LogP contribution in [0.2, 0.25) is 0 Å². The molecular formula is C17H23N3O2. The maximum atomic E-state index is 12.0. The fourth-order valence-corrected chi connectivity index (χ4v) is 3.30. The SMILES string of the molecule is O=C(CCC1CCCC1)Nc1ccc(N2CCNC2=O)cc1. The quantitative estimate of drug-likeness (QED) is 0.877. The summed E-state index contributed by atoms with van der Waals surface area (Å²) in [7, 11) is 0. The lowest BCUT2D eigenvalue weighted by atomic mass is 10.0. The molecule has 0 bridgehead atoms. The molecule has 3 rings (SSSR count). The van der Waals surface area contributed by atoms with Crippen LogP contribution in [0.5, 0.6) is 0 Å². The van der Waals surface area contributed by atoms with E-state index in [1.807, 2.05) is 24.3 Å². The average molecular weight is 301 g/mol. The Morgan fingerprint density at radius 1 is 1.23 bits per heavy atom. The number of amides is 3. The van der Waals surface area contributed by atoms with Crippen molar-refractivity contribution in [3.63, 3.8) is 0 Å². The molecule has 2 aliphatic rings. The summed E-state index contributed by atoms with van der Waals surface area (Å²) in [6.07, 6.45) is 6.79. The lowest BCUT2D eigenvalue weighted by molar-refractivity contribution is -0.116. The van der Waals surface area contributed by atoms with Crippen molar-refractivity contribution in [2.45, 2.75) is 38.5 Å². The molecule has 0 aromatic heterocycles. The number of rotatable bonds is 5. The average Bonchev–Trinajstić information content (AvgIpc) is 3.17. The minimum atomic E-state index is -0.0617. The molecule has 1 saturated carbocycles. The van der Waals surface area contributed by atoms with E-state index in [9.17, 15) is 9.59 Å². The van der Waals surface area contributed by atoms with Crippen molar-refractivity contribution >= 4 is 23.3 Å². The van der Waals surface area contributed by atoms with Gasteiger partial charge in [0.05, 0.1) is 0 Å². The first kappa shape index (κ1) is 14.9. The monoisotopic (exact) mass is 301 g/mol. The van der Waals surface area contributed by atoms with Crippen molar-refractivity contribution in [2.75, 3.05) is 23.3 Å². The Labute approximate surface area is 131 Å². The van der Waals surface area contributed by atoms with Crippen LogP contribution >= 0.6 is 0 Å². The molecule has 0 unspecified atom stereocenters. The van der Waals surface area contributed by atoms with E-state index < -0.39 is 0 Å². The van der Waals surface area contributed by atoms with E-state index in [2.05, 4.69) is 10.6 Å². The lowest BCUT2D eigenvalue weighted by Crippen LogP contribution is -2.27. The first-order chi connectivity index (χ1) is 10.7. The molecule has 5 heteroatoms. The number of nitrogens with one attached hydrogen (secondary N) is 2. The van der Waals surface area contributed by atoms with Crippen molar-refractivity contribution in [3.8, 4) is 0 Å². The van der Waals surface area contributed by atoms with E-state index in [0.717, 1.165) is 23.7 Å². The van der Waals surface area contributed by atoms with Crippen LogP contribution in [0.4, 0.5) is 16.2 Å². The smallest absolute Gasteiger partial charge is 0.321 e. The highest BCUT2D eigenvalue weighted by Gasteiger charge is 2.21. The molecule has 22 heavy (non-hydrogen) atoms. The molecular weight excluding hydrogens is 278 g/mol. The molecule has 1 aromatic carbocycles. The van der Waals surface area contributed by atoms with E-state index in [1.54, 1.807) is 4.90 Å². The summed E-state index contributed by atoms with van der Waals surface area (Å²) in [5.41, 5.74) is 1.65. The third-order valence-electron chi connectivity index (χ3n) is 4.57. The Kier molecular flexibility index (Phi) is 4.61. The zero-order valence-electron chi connectivity index (χ0n) is 12.8. The molecule has 1 aromatic rings. The van der Waals surface area contributed by atoms with Crippen LogP contribution in [0.15, 0.2) is 24.3 Å². The van der Waals surface area contributed by atoms with Crippen LogP contribution in [-0.2, 0) is 4.79 Å². The van der Waals surface area contributed by atoms with Gasteiger partial charge in [-0.05, 0) is 36.6 Å². The molecule has 5 nitrogen and oxygen atoms in total. The number of urea groups is 1. The summed E-state index contributed by atoms with van der Waals surface area (Å²) in [6, 6.07) is 7.39. The normalized spacial score (nSPS) is 18.5. The van der Waals surface area contributed by atoms with E-state index >= 15 is 0 Å². The fourth-order valence-electron chi connectivity index (χ4n) is 3.30.